The van der Waals surface area contributed by atoms with E-state index in [0.29, 0.717) is 11.3 Å². The third-order valence-corrected chi connectivity index (χ3v) is 5.99. The fraction of sp³-hybridized carbons (Fsp3) is 0.562. The van der Waals surface area contributed by atoms with E-state index in [0.717, 1.165) is 12.8 Å². The van der Waals surface area contributed by atoms with E-state index in [1.807, 2.05) is 0 Å². The number of hydrogen-bond acceptors (Lipinski definition) is 3. The Bertz CT molecular complexity index is 605. The molecule has 0 heterocycles. The summed E-state index contributed by atoms with van der Waals surface area (Å²) in [4.78, 5) is 12.2. The number of carbonyl (C=O) groups excluding carboxylic acids is 1. The maximum atomic E-state index is 12.2. The number of benzene rings is 1. The molecule has 5 nitrogen and oxygen atoms in total. The van der Waals surface area contributed by atoms with Crippen molar-refractivity contribution >= 4 is 21.6 Å². The Balaban J connectivity index is 2.03. The second kappa shape index (κ2) is 7.13. The number of sulfonamides is 1. The number of hydrogen-bond donors (Lipinski definition) is 1. The van der Waals surface area contributed by atoms with Crippen molar-refractivity contribution in [2.75, 3.05) is 17.1 Å². The quantitative estimate of drug-likeness (QED) is 0.905. The molecule has 1 fully saturated rings. The van der Waals surface area contributed by atoms with Gasteiger partial charge in [-0.1, -0.05) is 19.3 Å². The number of amides is 1. The van der Waals surface area contributed by atoms with Crippen LogP contribution in [-0.4, -0.2) is 33.2 Å². The summed E-state index contributed by atoms with van der Waals surface area (Å²) < 4.78 is 24.9. The summed E-state index contributed by atoms with van der Waals surface area (Å²) in [7, 11) is -1.75. The van der Waals surface area contributed by atoms with Gasteiger partial charge in [0.05, 0.1) is 11.4 Å². The molecule has 0 aromatic heterocycles. The predicted molar refractivity (Wildman–Crippen MR) is 88.6 cm³/mol. The smallest absolute Gasteiger partial charge is 0.251 e. The zero-order valence-electron chi connectivity index (χ0n) is 13.2. The first-order valence-electron chi connectivity index (χ1n) is 7.81. The molecule has 0 saturated heterocycles. The topological polar surface area (TPSA) is 66.5 Å². The molecule has 22 heavy (non-hydrogen) atoms. The van der Waals surface area contributed by atoms with Gasteiger partial charge in [-0.2, -0.15) is 0 Å². The number of anilines is 1. The van der Waals surface area contributed by atoms with Gasteiger partial charge in [0, 0.05) is 18.7 Å². The van der Waals surface area contributed by atoms with Crippen molar-refractivity contribution < 1.29 is 13.2 Å². The molecule has 1 aromatic rings. The van der Waals surface area contributed by atoms with Gasteiger partial charge in [0.25, 0.3) is 5.91 Å². The molecule has 0 radical (unpaired) electrons. The van der Waals surface area contributed by atoms with Gasteiger partial charge < -0.3 is 5.32 Å². The lowest BCUT2D eigenvalue weighted by molar-refractivity contribution is 0.0927. The van der Waals surface area contributed by atoms with Crippen LogP contribution in [0.25, 0.3) is 0 Å². The van der Waals surface area contributed by atoms with Crippen LogP contribution in [0.4, 0.5) is 5.69 Å². The van der Waals surface area contributed by atoms with Crippen LogP contribution in [0.5, 0.6) is 0 Å². The molecule has 1 aliphatic carbocycles. The van der Waals surface area contributed by atoms with Crippen LogP contribution in [-0.2, 0) is 10.0 Å². The van der Waals surface area contributed by atoms with Crippen molar-refractivity contribution in [3.05, 3.63) is 29.8 Å². The Morgan fingerprint density at radius 3 is 2.32 bits per heavy atom. The van der Waals surface area contributed by atoms with Crippen molar-refractivity contribution in [1.82, 2.24) is 5.32 Å². The summed E-state index contributed by atoms with van der Waals surface area (Å²) in [5.41, 5.74) is 1.13. The van der Waals surface area contributed by atoms with E-state index in [4.69, 9.17) is 0 Å². The number of rotatable bonds is 5. The van der Waals surface area contributed by atoms with Crippen LogP contribution < -0.4 is 9.62 Å². The monoisotopic (exact) mass is 324 g/mol. The van der Waals surface area contributed by atoms with Crippen molar-refractivity contribution in [1.29, 1.82) is 0 Å². The van der Waals surface area contributed by atoms with Crippen LogP contribution in [0.2, 0.25) is 0 Å². The Morgan fingerprint density at radius 2 is 1.77 bits per heavy atom. The van der Waals surface area contributed by atoms with Gasteiger partial charge in [-0.05, 0) is 44.0 Å². The minimum Gasteiger partial charge on any atom is -0.349 e. The Labute approximate surface area is 132 Å². The molecule has 0 unspecified atom stereocenters. The van der Waals surface area contributed by atoms with Gasteiger partial charge in [-0.15, -0.1) is 0 Å². The van der Waals surface area contributed by atoms with Gasteiger partial charge in [0.2, 0.25) is 10.0 Å². The zero-order valence-corrected chi connectivity index (χ0v) is 14.0. The van der Waals surface area contributed by atoms with Crippen LogP contribution in [0.1, 0.15) is 49.4 Å². The molecular formula is C16H24N2O3S. The second-order valence-corrected chi connectivity index (χ2v) is 8.01. The maximum Gasteiger partial charge on any atom is 0.251 e. The molecule has 1 amide bonds. The number of carbonyl (C=O) groups is 1. The van der Waals surface area contributed by atoms with E-state index in [1.54, 1.807) is 31.2 Å². The van der Waals surface area contributed by atoms with E-state index in [-0.39, 0.29) is 17.7 Å². The van der Waals surface area contributed by atoms with E-state index >= 15 is 0 Å². The molecule has 122 valence electrons. The minimum absolute atomic E-state index is 0.0490. The number of nitrogens with one attached hydrogen (secondary N) is 1. The largest absolute Gasteiger partial charge is 0.349 e. The first-order valence-corrected chi connectivity index (χ1v) is 9.42. The Hall–Kier alpha value is -1.56. The van der Waals surface area contributed by atoms with E-state index in [2.05, 4.69) is 5.32 Å². The second-order valence-electron chi connectivity index (χ2n) is 5.72. The van der Waals surface area contributed by atoms with Crippen molar-refractivity contribution in [2.45, 2.75) is 45.1 Å². The molecule has 0 atom stereocenters. The normalized spacial score (nSPS) is 16.3. The lowest BCUT2D eigenvalue weighted by Crippen LogP contribution is -2.36. The summed E-state index contributed by atoms with van der Waals surface area (Å²) in [6.07, 6.45) is 5.68. The number of nitrogens with zero attached hydrogens (tertiary/aromatic N) is 1. The van der Waals surface area contributed by atoms with Gasteiger partial charge in [-0.25, -0.2) is 8.42 Å². The van der Waals surface area contributed by atoms with Crippen molar-refractivity contribution in [3.63, 3.8) is 0 Å². The average Bonchev–Trinajstić information content (AvgIpc) is 2.55. The van der Waals surface area contributed by atoms with Crippen LogP contribution in [0.15, 0.2) is 24.3 Å². The van der Waals surface area contributed by atoms with E-state index < -0.39 is 10.0 Å². The third kappa shape index (κ3) is 4.00. The predicted octanol–water partition coefficient (Wildman–Crippen LogP) is 2.54. The highest BCUT2D eigenvalue weighted by Crippen LogP contribution is 2.19. The standard InChI is InChI=1S/C16H24N2O3S/c1-3-22(20,21)18(2)15-11-9-13(10-12-15)16(19)17-14-7-5-4-6-8-14/h9-12,14H,3-8H2,1-2H3,(H,17,19). The first kappa shape index (κ1) is 16.8. The minimum atomic E-state index is -3.27. The van der Waals surface area contributed by atoms with Gasteiger partial charge in [0.15, 0.2) is 0 Å². The molecule has 0 aliphatic heterocycles. The van der Waals surface area contributed by atoms with Crippen LogP contribution >= 0.6 is 0 Å². The molecule has 1 aliphatic rings. The van der Waals surface area contributed by atoms with Crippen LogP contribution in [0, 0.1) is 0 Å². The molecule has 6 heteroatoms. The average molecular weight is 324 g/mol. The summed E-state index contributed by atoms with van der Waals surface area (Å²) >= 11 is 0. The zero-order chi connectivity index (χ0) is 16.2. The molecule has 1 N–H and O–H groups in total. The SMILES string of the molecule is CCS(=O)(=O)N(C)c1ccc(C(=O)NC2CCCCC2)cc1. The molecule has 0 bridgehead atoms. The molecule has 1 aromatic carbocycles. The third-order valence-electron chi connectivity index (χ3n) is 4.22. The highest BCUT2D eigenvalue weighted by atomic mass is 32.2. The van der Waals surface area contributed by atoms with Crippen LogP contribution in [0.3, 0.4) is 0 Å². The fourth-order valence-electron chi connectivity index (χ4n) is 2.69. The van der Waals surface area contributed by atoms with Crippen molar-refractivity contribution in [3.8, 4) is 0 Å². The van der Waals surface area contributed by atoms with Gasteiger partial charge in [-0.3, -0.25) is 9.10 Å². The Morgan fingerprint density at radius 1 is 1.18 bits per heavy atom. The molecule has 2 rings (SSSR count). The lowest BCUT2D eigenvalue weighted by Gasteiger charge is -2.23. The molecule has 1 saturated carbocycles. The highest BCUT2D eigenvalue weighted by molar-refractivity contribution is 7.92. The highest BCUT2D eigenvalue weighted by Gasteiger charge is 2.18. The van der Waals surface area contributed by atoms with E-state index in [1.165, 1.54) is 30.6 Å². The van der Waals surface area contributed by atoms with Crippen molar-refractivity contribution in [2.24, 2.45) is 0 Å². The summed E-state index contributed by atoms with van der Waals surface area (Å²) in [6.45, 7) is 1.61. The lowest BCUT2D eigenvalue weighted by atomic mass is 9.95. The maximum absolute atomic E-state index is 12.2. The summed E-state index contributed by atoms with van der Waals surface area (Å²) in [5.74, 6) is -0.0348. The van der Waals surface area contributed by atoms with Gasteiger partial charge >= 0.3 is 0 Å². The molecular weight excluding hydrogens is 300 g/mol. The summed E-state index contributed by atoms with van der Waals surface area (Å²) in [5, 5.41) is 3.05. The first-order chi connectivity index (χ1) is 10.4. The van der Waals surface area contributed by atoms with Gasteiger partial charge in [0.1, 0.15) is 0 Å². The van der Waals surface area contributed by atoms with E-state index in [9.17, 15) is 13.2 Å². The fourth-order valence-corrected chi connectivity index (χ4v) is 3.52. The molecule has 0 spiro atoms. The summed E-state index contributed by atoms with van der Waals surface area (Å²) in [6, 6.07) is 6.96. The Kier molecular flexibility index (Phi) is 5.45.